The predicted octanol–water partition coefficient (Wildman–Crippen LogP) is 0.544. The molecule has 1 aromatic carbocycles. The molecule has 10 heteroatoms. The molecular weight excluding hydrogens is 374 g/mol. The smallest absolute Gasteiger partial charge is 0.414 e. The fourth-order valence-electron chi connectivity index (χ4n) is 1.73. The summed E-state index contributed by atoms with van der Waals surface area (Å²) >= 11 is 0. The lowest BCUT2D eigenvalue weighted by atomic mass is 10.1. The van der Waals surface area contributed by atoms with Crippen molar-refractivity contribution in [2.24, 2.45) is 0 Å². The Labute approximate surface area is 160 Å². The van der Waals surface area contributed by atoms with Crippen molar-refractivity contribution in [3.8, 4) is 11.5 Å². The van der Waals surface area contributed by atoms with Gasteiger partial charge in [-0.25, -0.2) is 14.4 Å². The zero-order valence-corrected chi connectivity index (χ0v) is 14.9. The molecule has 0 saturated heterocycles. The summed E-state index contributed by atoms with van der Waals surface area (Å²) in [5.74, 6) is -3.21. The van der Waals surface area contributed by atoms with Crippen molar-refractivity contribution in [1.82, 2.24) is 4.98 Å². The normalized spacial score (nSPS) is 8.61. The van der Waals surface area contributed by atoms with Gasteiger partial charge in [-0.1, -0.05) is 12.1 Å². The fraction of sp³-hybridized carbons (Fsp3) is 0.111. The molecule has 0 aliphatic heterocycles. The van der Waals surface area contributed by atoms with Gasteiger partial charge in [-0.15, -0.1) is 6.58 Å². The van der Waals surface area contributed by atoms with Crippen molar-refractivity contribution in [1.29, 1.82) is 0 Å². The van der Waals surface area contributed by atoms with E-state index >= 15 is 0 Å². The summed E-state index contributed by atoms with van der Waals surface area (Å²) in [7, 11) is 1.54. The molecule has 0 bridgehead atoms. The average Bonchev–Trinajstić information content (AvgIpc) is 2.64. The number of hydrogen-bond acceptors (Lipinski definition) is 6. The number of methoxy groups -OCH3 is 1. The third-order valence-electron chi connectivity index (χ3n) is 2.89. The predicted molar refractivity (Wildman–Crippen MR) is 98.6 cm³/mol. The molecule has 0 saturated carbocycles. The summed E-state index contributed by atoms with van der Waals surface area (Å²) in [5.41, 5.74) is 1.43. The molecule has 0 spiro atoms. The van der Waals surface area contributed by atoms with E-state index in [1.165, 1.54) is 13.3 Å². The number of allylic oxidation sites excluding steroid dienone is 1. The van der Waals surface area contributed by atoms with Crippen LogP contribution in [-0.2, 0) is 16.0 Å². The van der Waals surface area contributed by atoms with Gasteiger partial charge in [0, 0.05) is 12.4 Å². The lowest BCUT2D eigenvalue weighted by molar-refractivity contribution is -0.159. The monoisotopic (exact) mass is 395 g/mol. The molecule has 2 rings (SSSR count). The van der Waals surface area contributed by atoms with Gasteiger partial charge in [0.25, 0.3) is 0 Å². The van der Waals surface area contributed by atoms with E-state index in [1.807, 2.05) is 12.1 Å². The van der Waals surface area contributed by atoms with Gasteiger partial charge in [-0.2, -0.15) is 0 Å². The van der Waals surface area contributed by atoms with Crippen molar-refractivity contribution in [3.05, 3.63) is 66.5 Å². The Kier molecular flexibility index (Phi) is 12.7. The lowest BCUT2D eigenvalue weighted by Crippen LogP contribution is -2.09. The molecule has 0 unspecified atom stereocenters. The lowest BCUT2D eigenvalue weighted by Gasteiger charge is -2.10. The van der Waals surface area contributed by atoms with Crippen LogP contribution in [0.3, 0.4) is 0 Å². The molecule has 152 valence electrons. The summed E-state index contributed by atoms with van der Waals surface area (Å²) < 4.78 is 10.6. The first-order valence-electron chi connectivity index (χ1n) is 7.25. The summed E-state index contributed by atoms with van der Waals surface area (Å²) in [6.07, 6.45) is 5.59. The van der Waals surface area contributed by atoms with Crippen molar-refractivity contribution in [3.63, 3.8) is 0 Å². The highest BCUT2D eigenvalue weighted by atomic mass is 16.6. The Morgan fingerprint density at radius 1 is 1.11 bits per heavy atom. The zero-order chi connectivity index (χ0) is 19.5. The molecule has 0 radical (unpaired) electrons. The molecular formula is C18H21NO9. The minimum atomic E-state index is -1.82. The topological polar surface area (TPSA) is 186 Å². The maximum absolute atomic E-state index is 12.0. The highest BCUT2D eigenvalue weighted by Crippen LogP contribution is 2.29. The van der Waals surface area contributed by atoms with Crippen LogP contribution in [0.5, 0.6) is 11.5 Å². The van der Waals surface area contributed by atoms with Crippen molar-refractivity contribution in [2.45, 2.75) is 6.42 Å². The van der Waals surface area contributed by atoms with Crippen LogP contribution in [0.15, 0.2) is 55.4 Å². The Bertz CT molecular complexity index is 779. The van der Waals surface area contributed by atoms with E-state index in [-0.39, 0.29) is 11.0 Å². The second-order valence-corrected chi connectivity index (χ2v) is 4.72. The number of nitrogens with zero attached hydrogens (tertiary/aromatic N) is 1. The van der Waals surface area contributed by atoms with E-state index in [0.717, 1.165) is 12.0 Å². The third-order valence-corrected chi connectivity index (χ3v) is 2.89. The fourth-order valence-corrected chi connectivity index (χ4v) is 1.73. The van der Waals surface area contributed by atoms with Crippen LogP contribution in [0.25, 0.3) is 0 Å². The van der Waals surface area contributed by atoms with Crippen LogP contribution in [-0.4, -0.2) is 51.2 Å². The minimum Gasteiger partial charge on any atom is -0.493 e. The Morgan fingerprint density at radius 2 is 1.75 bits per heavy atom. The molecule has 10 nitrogen and oxygen atoms in total. The minimum absolute atomic E-state index is 0. The van der Waals surface area contributed by atoms with Crippen LogP contribution >= 0.6 is 0 Å². The molecule has 28 heavy (non-hydrogen) atoms. The molecule has 0 aliphatic rings. The number of aliphatic carboxylic acids is 2. The Hall–Kier alpha value is -3.76. The zero-order valence-electron chi connectivity index (χ0n) is 14.9. The van der Waals surface area contributed by atoms with E-state index < -0.39 is 17.9 Å². The molecule has 0 amide bonds. The number of hydrogen-bond donors (Lipinski definition) is 2. The van der Waals surface area contributed by atoms with Crippen molar-refractivity contribution in [2.75, 3.05) is 7.11 Å². The number of carbonyl (C=O) groups is 3. The SMILES string of the molecule is C=CCc1ccc(OC(=O)c2cccnc2)c(OC)c1.O.O.O=C(O)C(=O)O. The van der Waals surface area contributed by atoms with Gasteiger partial charge < -0.3 is 30.6 Å². The van der Waals surface area contributed by atoms with Gasteiger partial charge in [0.1, 0.15) is 0 Å². The molecule has 0 fully saturated rings. The number of rotatable bonds is 5. The van der Waals surface area contributed by atoms with Crippen LogP contribution in [0, 0.1) is 0 Å². The van der Waals surface area contributed by atoms with E-state index in [0.29, 0.717) is 17.1 Å². The summed E-state index contributed by atoms with van der Waals surface area (Å²) in [6.45, 7) is 3.69. The van der Waals surface area contributed by atoms with E-state index in [2.05, 4.69) is 11.6 Å². The van der Waals surface area contributed by atoms with E-state index in [9.17, 15) is 4.79 Å². The van der Waals surface area contributed by atoms with Gasteiger partial charge in [-0.3, -0.25) is 4.98 Å². The number of aromatic nitrogens is 1. The number of carboxylic acid groups (broad SMARTS) is 2. The van der Waals surface area contributed by atoms with Gasteiger partial charge >= 0.3 is 17.9 Å². The van der Waals surface area contributed by atoms with Gasteiger partial charge in [0.15, 0.2) is 11.5 Å². The molecule has 6 N–H and O–H groups in total. The van der Waals surface area contributed by atoms with Crippen LogP contribution in [0.4, 0.5) is 0 Å². The van der Waals surface area contributed by atoms with Crippen molar-refractivity contribution >= 4 is 17.9 Å². The maximum atomic E-state index is 12.0. The second-order valence-electron chi connectivity index (χ2n) is 4.72. The number of esters is 1. The molecule has 1 aromatic heterocycles. The first-order chi connectivity index (χ1) is 12.4. The molecule has 1 heterocycles. The van der Waals surface area contributed by atoms with Crippen LogP contribution in [0.2, 0.25) is 0 Å². The number of carbonyl (C=O) groups excluding carboxylic acids is 1. The quantitative estimate of drug-likeness (QED) is 0.318. The van der Waals surface area contributed by atoms with E-state index in [4.69, 9.17) is 29.3 Å². The van der Waals surface area contributed by atoms with Gasteiger partial charge in [0.2, 0.25) is 0 Å². The first-order valence-corrected chi connectivity index (χ1v) is 7.25. The highest BCUT2D eigenvalue weighted by molar-refractivity contribution is 6.27. The highest BCUT2D eigenvalue weighted by Gasteiger charge is 2.12. The third kappa shape index (κ3) is 8.56. The van der Waals surface area contributed by atoms with Crippen molar-refractivity contribution < 1.29 is 45.0 Å². The number of pyridine rings is 1. The Morgan fingerprint density at radius 3 is 2.21 bits per heavy atom. The van der Waals surface area contributed by atoms with Crippen LogP contribution in [0.1, 0.15) is 15.9 Å². The number of carboxylic acids is 2. The summed E-state index contributed by atoms with van der Waals surface area (Å²) in [4.78, 5) is 34.0. The first kappa shape index (κ1) is 26.5. The molecule has 0 atom stereocenters. The molecule has 0 aliphatic carbocycles. The van der Waals surface area contributed by atoms with Gasteiger partial charge in [-0.05, 0) is 36.2 Å². The summed E-state index contributed by atoms with van der Waals surface area (Å²) in [5, 5.41) is 14.8. The summed E-state index contributed by atoms with van der Waals surface area (Å²) in [6, 6.07) is 8.74. The van der Waals surface area contributed by atoms with Gasteiger partial charge in [0.05, 0.1) is 12.7 Å². The second kappa shape index (κ2) is 13.4. The average molecular weight is 395 g/mol. The Balaban J connectivity index is 0. The number of benzene rings is 1. The molecule has 2 aromatic rings. The largest absolute Gasteiger partial charge is 0.493 e. The standard InChI is InChI=1S/C16H15NO3.C2H2O4.2H2O/c1-3-5-12-7-8-14(15(10-12)19-2)20-16(18)13-6-4-9-17-11-13;3-1(4)2(5)6;;/h3-4,6-11H,1,5H2,2H3;(H,3,4)(H,5,6);2*1H2. The van der Waals surface area contributed by atoms with Crippen LogP contribution < -0.4 is 9.47 Å². The van der Waals surface area contributed by atoms with E-state index in [1.54, 1.807) is 30.5 Å². The number of ether oxygens (including phenoxy) is 2. The maximum Gasteiger partial charge on any atom is 0.414 e.